The number of aliphatic carboxylic acids is 1. The molecule has 1 N–H and O–H groups in total. The minimum atomic E-state index is -0.818. The van der Waals surface area contributed by atoms with Crippen molar-refractivity contribution in [2.75, 3.05) is 33.3 Å². The molecule has 1 aliphatic heterocycles. The van der Waals surface area contributed by atoms with Crippen molar-refractivity contribution >= 4 is 11.9 Å². The van der Waals surface area contributed by atoms with Crippen LogP contribution in [0.3, 0.4) is 0 Å². The lowest BCUT2D eigenvalue weighted by atomic mass is 10.1. The highest BCUT2D eigenvalue weighted by atomic mass is 16.5. The normalized spacial score (nSPS) is 18.1. The molecule has 0 aliphatic carbocycles. The summed E-state index contributed by atoms with van der Waals surface area (Å²) in [6.07, 6.45) is 2.58. The maximum Gasteiger partial charge on any atom is 0.317 e. The molecular formula is C19H28N2O4. The fourth-order valence-corrected chi connectivity index (χ4v) is 3.15. The summed E-state index contributed by atoms with van der Waals surface area (Å²) in [5, 5.41) is 8.92. The molecule has 1 unspecified atom stereocenters. The smallest absolute Gasteiger partial charge is 0.317 e. The van der Waals surface area contributed by atoms with Gasteiger partial charge < -0.3 is 14.7 Å². The molecule has 1 fully saturated rings. The number of rotatable bonds is 6. The Morgan fingerprint density at radius 2 is 2.00 bits per heavy atom. The van der Waals surface area contributed by atoms with Crippen LogP contribution in [0.15, 0.2) is 18.2 Å². The average Bonchev–Trinajstić information content (AvgIpc) is 2.81. The SMILES string of the molecule is Cc1ccc(OCC(=O)N2CCCC(N(C)CC(=O)O)CC2)cc1C. The average molecular weight is 348 g/mol. The van der Waals surface area contributed by atoms with E-state index >= 15 is 0 Å². The fourth-order valence-electron chi connectivity index (χ4n) is 3.15. The molecule has 1 atom stereocenters. The first kappa shape index (κ1) is 19.2. The molecule has 1 saturated heterocycles. The molecule has 1 aliphatic rings. The maximum atomic E-state index is 12.4. The van der Waals surface area contributed by atoms with E-state index in [1.807, 2.05) is 48.9 Å². The summed E-state index contributed by atoms with van der Waals surface area (Å²) >= 11 is 0. The first-order chi connectivity index (χ1) is 11.9. The van der Waals surface area contributed by atoms with Crippen LogP contribution in [-0.2, 0) is 9.59 Å². The molecule has 6 nitrogen and oxygen atoms in total. The van der Waals surface area contributed by atoms with Gasteiger partial charge in [-0.05, 0) is 63.4 Å². The number of hydrogen-bond acceptors (Lipinski definition) is 4. The molecule has 0 aromatic heterocycles. The first-order valence-corrected chi connectivity index (χ1v) is 8.76. The summed E-state index contributed by atoms with van der Waals surface area (Å²) < 4.78 is 5.65. The Bertz CT molecular complexity index is 617. The number of benzene rings is 1. The van der Waals surface area contributed by atoms with Crippen LogP contribution in [0.25, 0.3) is 0 Å². The van der Waals surface area contributed by atoms with Gasteiger partial charge in [0, 0.05) is 19.1 Å². The second-order valence-corrected chi connectivity index (χ2v) is 6.81. The van der Waals surface area contributed by atoms with Crippen molar-refractivity contribution in [2.24, 2.45) is 0 Å². The lowest BCUT2D eigenvalue weighted by Crippen LogP contribution is -2.38. The molecule has 6 heteroatoms. The molecule has 0 radical (unpaired) electrons. The quantitative estimate of drug-likeness (QED) is 0.852. The van der Waals surface area contributed by atoms with Crippen molar-refractivity contribution in [1.29, 1.82) is 0 Å². The van der Waals surface area contributed by atoms with E-state index in [2.05, 4.69) is 0 Å². The zero-order chi connectivity index (χ0) is 18.4. The van der Waals surface area contributed by atoms with Crippen LogP contribution in [0.4, 0.5) is 0 Å². The first-order valence-electron chi connectivity index (χ1n) is 8.76. The Balaban J connectivity index is 1.83. The predicted octanol–water partition coefficient (Wildman–Crippen LogP) is 2.08. The largest absolute Gasteiger partial charge is 0.484 e. The summed E-state index contributed by atoms with van der Waals surface area (Å²) in [7, 11) is 1.83. The van der Waals surface area contributed by atoms with Crippen LogP contribution in [0.2, 0.25) is 0 Å². The van der Waals surface area contributed by atoms with Crippen LogP contribution in [-0.4, -0.2) is 66.1 Å². The standard InChI is InChI=1S/C19H28N2O4/c1-14-6-7-17(11-15(14)2)25-13-18(22)21-9-4-5-16(8-10-21)20(3)12-19(23)24/h6-7,11,16H,4-5,8-10,12-13H2,1-3H3,(H,23,24). The van der Waals surface area contributed by atoms with Crippen molar-refractivity contribution in [3.05, 3.63) is 29.3 Å². The number of carboxylic acids is 1. The molecule has 2 rings (SSSR count). The molecule has 1 amide bonds. The second kappa shape index (κ2) is 8.85. The summed E-state index contributed by atoms with van der Waals surface area (Å²) in [5.74, 6) is -0.119. The molecule has 0 bridgehead atoms. The van der Waals surface area contributed by atoms with Gasteiger partial charge in [-0.15, -0.1) is 0 Å². The Kier molecular flexibility index (Phi) is 6.82. The highest BCUT2D eigenvalue weighted by Gasteiger charge is 2.24. The van der Waals surface area contributed by atoms with Crippen LogP contribution < -0.4 is 4.74 Å². The van der Waals surface area contributed by atoms with Crippen molar-refractivity contribution in [3.8, 4) is 5.75 Å². The Morgan fingerprint density at radius 1 is 1.24 bits per heavy atom. The van der Waals surface area contributed by atoms with E-state index in [1.165, 1.54) is 5.56 Å². The zero-order valence-corrected chi connectivity index (χ0v) is 15.3. The third-order valence-corrected chi connectivity index (χ3v) is 4.90. The molecule has 1 aromatic carbocycles. The highest BCUT2D eigenvalue weighted by Crippen LogP contribution is 2.18. The minimum Gasteiger partial charge on any atom is -0.484 e. The van der Waals surface area contributed by atoms with Gasteiger partial charge in [-0.1, -0.05) is 6.07 Å². The van der Waals surface area contributed by atoms with Gasteiger partial charge >= 0.3 is 5.97 Å². The van der Waals surface area contributed by atoms with Crippen LogP contribution >= 0.6 is 0 Å². The summed E-state index contributed by atoms with van der Waals surface area (Å²) in [5.41, 5.74) is 2.34. The number of aryl methyl sites for hydroxylation is 2. The fraction of sp³-hybridized carbons (Fsp3) is 0.579. The Hall–Kier alpha value is -2.08. The van der Waals surface area contributed by atoms with Gasteiger partial charge in [0.25, 0.3) is 5.91 Å². The number of carbonyl (C=O) groups excluding carboxylic acids is 1. The molecular weight excluding hydrogens is 320 g/mol. The predicted molar refractivity (Wildman–Crippen MR) is 95.9 cm³/mol. The number of likely N-dealkylation sites (tertiary alicyclic amines) is 1. The number of hydrogen-bond donors (Lipinski definition) is 1. The highest BCUT2D eigenvalue weighted by molar-refractivity contribution is 5.77. The van der Waals surface area contributed by atoms with E-state index in [4.69, 9.17) is 9.84 Å². The minimum absolute atomic E-state index is 0.0141. The van der Waals surface area contributed by atoms with E-state index in [9.17, 15) is 9.59 Å². The van der Waals surface area contributed by atoms with Crippen molar-refractivity contribution in [1.82, 2.24) is 9.80 Å². The number of carboxylic acid groups (broad SMARTS) is 1. The summed E-state index contributed by atoms with van der Waals surface area (Å²) in [6, 6.07) is 6.02. The summed E-state index contributed by atoms with van der Waals surface area (Å²) in [6.45, 7) is 5.48. The maximum absolute atomic E-state index is 12.4. The van der Waals surface area contributed by atoms with Gasteiger partial charge in [-0.25, -0.2) is 0 Å². The molecule has 0 spiro atoms. The number of amides is 1. The lowest BCUT2D eigenvalue weighted by molar-refractivity contribution is -0.138. The number of carbonyl (C=O) groups is 2. The van der Waals surface area contributed by atoms with Gasteiger partial charge in [0.2, 0.25) is 0 Å². The van der Waals surface area contributed by atoms with Gasteiger partial charge in [0.15, 0.2) is 6.61 Å². The molecule has 1 aromatic rings. The number of likely N-dealkylation sites (N-methyl/N-ethyl adjacent to an activating group) is 1. The molecule has 25 heavy (non-hydrogen) atoms. The van der Waals surface area contributed by atoms with E-state index in [0.717, 1.165) is 24.8 Å². The van der Waals surface area contributed by atoms with Gasteiger partial charge in [0.1, 0.15) is 5.75 Å². The van der Waals surface area contributed by atoms with Crippen LogP contribution in [0.1, 0.15) is 30.4 Å². The Morgan fingerprint density at radius 3 is 2.68 bits per heavy atom. The van der Waals surface area contributed by atoms with Crippen LogP contribution in [0, 0.1) is 13.8 Å². The third kappa shape index (κ3) is 5.74. The lowest BCUT2D eigenvalue weighted by Gasteiger charge is -2.25. The molecule has 0 saturated carbocycles. The third-order valence-electron chi connectivity index (χ3n) is 4.90. The molecule has 1 heterocycles. The summed E-state index contributed by atoms with van der Waals surface area (Å²) in [4.78, 5) is 27.0. The monoisotopic (exact) mass is 348 g/mol. The zero-order valence-electron chi connectivity index (χ0n) is 15.3. The van der Waals surface area contributed by atoms with Crippen molar-refractivity contribution in [3.63, 3.8) is 0 Å². The van der Waals surface area contributed by atoms with Crippen LogP contribution in [0.5, 0.6) is 5.75 Å². The van der Waals surface area contributed by atoms with E-state index < -0.39 is 5.97 Å². The van der Waals surface area contributed by atoms with E-state index in [1.54, 1.807) is 0 Å². The van der Waals surface area contributed by atoms with Gasteiger partial charge in [-0.2, -0.15) is 0 Å². The van der Waals surface area contributed by atoms with Crippen molar-refractivity contribution < 1.29 is 19.4 Å². The number of nitrogens with zero attached hydrogens (tertiary/aromatic N) is 2. The van der Waals surface area contributed by atoms with E-state index in [0.29, 0.717) is 18.8 Å². The van der Waals surface area contributed by atoms with Crippen molar-refractivity contribution in [2.45, 2.75) is 39.2 Å². The van der Waals surface area contributed by atoms with Gasteiger partial charge in [-0.3, -0.25) is 14.5 Å². The molecule has 138 valence electrons. The number of ether oxygens (including phenoxy) is 1. The second-order valence-electron chi connectivity index (χ2n) is 6.81. The Labute approximate surface area is 149 Å². The van der Waals surface area contributed by atoms with E-state index in [-0.39, 0.29) is 25.1 Å². The topological polar surface area (TPSA) is 70.1 Å². The van der Waals surface area contributed by atoms with Gasteiger partial charge in [0.05, 0.1) is 6.54 Å².